The normalized spacial score (nSPS) is 12.5. The first-order valence-corrected chi connectivity index (χ1v) is 4.90. The lowest BCUT2D eigenvalue weighted by atomic mass is 10.0. The Morgan fingerprint density at radius 2 is 1.93 bits per heavy atom. The van der Waals surface area contributed by atoms with E-state index in [2.05, 4.69) is 4.98 Å². The predicted octanol–water partition coefficient (Wildman–Crippen LogP) is 1.26. The number of nitrogens with one attached hydrogen (secondary N) is 1. The highest BCUT2D eigenvalue weighted by molar-refractivity contribution is 5.83. The average molecular weight is 209 g/mol. The zero-order valence-corrected chi connectivity index (χ0v) is 8.91. The van der Waals surface area contributed by atoms with Crippen LogP contribution >= 0.6 is 0 Å². The van der Waals surface area contributed by atoms with Crippen molar-refractivity contribution in [1.82, 2.24) is 4.98 Å². The number of H-pyrrole nitrogens is 1. The third kappa shape index (κ3) is 2.53. The first-order chi connectivity index (χ1) is 7.10. The highest BCUT2D eigenvalue weighted by atomic mass is 16.3. The Bertz CT molecular complexity index is 366. The van der Waals surface area contributed by atoms with Crippen molar-refractivity contribution in [3.63, 3.8) is 0 Å². The predicted molar refractivity (Wildman–Crippen MR) is 56.3 cm³/mol. The van der Waals surface area contributed by atoms with Crippen molar-refractivity contribution >= 4 is 12.6 Å². The van der Waals surface area contributed by atoms with Gasteiger partial charge in [0.15, 0.2) is 12.6 Å². The zero-order valence-electron chi connectivity index (χ0n) is 8.91. The van der Waals surface area contributed by atoms with Crippen LogP contribution in [0.2, 0.25) is 0 Å². The number of aromatic amines is 1. The number of hydrogen-bond acceptors (Lipinski definition) is 3. The number of aliphatic hydroxyl groups excluding tert-OH is 1. The minimum Gasteiger partial charge on any atom is -0.393 e. The number of aliphatic hydroxyl groups is 1. The van der Waals surface area contributed by atoms with Gasteiger partial charge in [0.1, 0.15) is 0 Å². The monoisotopic (exact) mass is 209 g/mol. The summed E-state index contributed by atoms with van der Waals surface area (Å²) in [5, 5.41) is 9.16. The molecule has 0 saturated carbocycles. The molecule has 0 aliphatic rings. The van der Waals surface area contributed by atoms with Crippen LogP contribution in [0.5, 0.6) is 0 Å². The lowest BCUT2D eigenvalue weighted by molar-refractivity contribution is 0.111. The highest BCUT2D eigenvalue weighted by Gasteiger charge is 2.13. The Morgan fingerprint density at radius 1 is 1.33 bits per heavy atom. The summed E-state index contributed by atoms with van der Waals surface area (Å²) in [7, 11) is 0. The van der Waals surface area contributed by atoms with Crippen LogP contribution in [0, 0.1) is 6.92 Å². The van der Waals surface area contributed by atoms with Crippen molar-refractivity contribution in [3.05, 3.63) is 22.5 Å². The van der Waals surface area contributed by atoms with E-state index in [0.29, 0.717) is 36.8 Å². The van der Waals surface area contributed by atoms with Gasteiger partial charge in [-0.3, -0.25) is 9.59 Å². The van der Waals surface area contributed by atoms with Gasteiger partial charge in [-0.2, -0.15) is 0 Å². The molecule has 15 heavy (non-hydrogen) atoms. The van der Waals surface area contributed by atoms with Gasteiger partial charge in [0.25, 0.3) is 0 Å². The van der Waals surface area contributed by atoms with E-state index >= 15 is 0 Å². The van der Waals surface area contributed by atoms with E-state index in [-0.39, 0.29) is 0 Å². The van der Waals surface area contributed by atoms with E-state index in [4.69, 9.17) is 5.11 Å². The summed E-state index contributed by atoms with van der Waals surface area (Å²) in [6, 6.07) is 0. The summed E-state index contributed by atoms with van der Waals surface area (Å²) in [6.07, 6.45) is 2.18. The molecule has 0 aromatic carbocycles. The third-order valence-corrected chi connectivity index (χ3v) is 2.50. The fourth-order valence-corrected chi connectivity index (χ4v) is 1.57. The van der Waals surface area contributed by atoms with Crippen LogP contribution in [0.25, 0.3) is 0 Å². The van der Waals surface area contributed by atoms with Crippen LogP contribution < -0.4 is 0 Å². The van der Waals surface area contributed by atoms with Crippen LogP contribution in [-0.2, 0) is 6.42 Å². The Hall–Kier alpha value is -1.42. The molecular weight excluding hydrogens is 194 g/mol. The Balaban J connectivity index is 2.98. The molecule has 1 aromatic rings. The summed E-state index contributed by atoms with van der Waals surface area (Å²) >= 11 is 0. The number of aldehydes is 2. The lowest BCUT2D eigenvalue weighted by Gasteiger charge is -2.04. The molecular formula is C11H15NO3. The number of rotatable bonds is 5. The van der Waals surface area contributed by atoms with E-state index in [9.17, 15) is 9.59 Å². The van der Waals surface area contributed by atoms with Gasteiger partial charge in [-0.15, -0.1) is 0 Å². The lowest BCUT2D eigenvalue weighted by Crippen LogP contribution is -2.03. The standard InChI is InChI=1S/C11H15NO3/c1-7(15)3-4-9-8(2)10(5-13)12-11(9)6-14/h5-7,12,15H,3-4H2,1-2H3/t7-/m0/s1. The van der Waals surface area contributed by atoms with Crippen molar-refractivity contribution in [2.75, 3.05) is 0 Å². The fourth-order valence-electron chi connectivity index (χ4n) is 1.57. The number of aromatic nitrogens is 1. The molecule has 0 bridgehead atoms. The summed E-state index contributed by atoms with van der Waals surface area (Å²) < 4.78 is 0. The number of hydrogen-bond donors (Lipinski definition) is 2. The van der Waals surface area contributed by atoms with E-state index in [0.717, 1.165) is 11.1 Å². The molecule has 0 aliphatic carbocycles. The van der Waals surface area contributed by atoms with Crippen molar-refractivity contribution in [2.24, 2.45) is 0 Å². The maximum absolute atomic E-state index is 10.7. The quantitative estimate of drug-likeness (QED) is 0.717. The second kappa shape index (κ2) is 4.89. The summed E-state index contributed by atoms with van der Waals surface area (Å²) in [5.74, 6) is 0. The molecule has 0 amide bonds. The molecule has 1 atom stereocenters. The molecule has 82 valence electrons. The molecule has 0 aliphatic heterocycles. The molecule has 4 nitrogen and oxygen atoms in total. The second-order valence-electron chi connectivity index (χ2n) is 3.68. The number of carbonyl (C=O) groups excluding carboxylic acids is 2. The van der Waals surface area contributed by atoms with Crippen molar-refractivity contribution < 1.29 is 14.7 Å². The van der Waals surface area contributed by atoms with Crippen LogP contribution in [0.4, 0.5) is 0 Å². The fraction of sp³-hybridized carbons (Fsp3) is 0.455. The van der Waals surface area contributed by atoms with Gasteiger partial charge >= 0.3 is 0 Å². The Morgan fingerprint density at radius 3 is 2.40 bits per heavy atom. The van der Waals surface area contributed by atoms with Crippen LogP contribution in [-0.4, -0.2) is 28.8 Å². The maximum atomic E-state index is 10.7. The topological polar surface area (TPSA) is 70.2 Å². The third-order valence-electron chi connectivity index (χ3n) is 2.50. The van der Waals surface area contributed by atoms with Crippen molar-refractivity contribution in [1.29, 1.82) is 0 Å². The summed E-state index contributed by atoms with van der Waals surface area (Å²) in [6.45, 7) is 3.49. The van der Waals surface area contributed by atoms with Gasteiger partial charge in [0.05, 0.1) is 17.5 Å². The van der Waals surface area contributed by atoms with Crippen LogP contribution in [0.3, 0.4) is 0 Å². The first-order valence-electron chi connectivity index (χ1n) is 4.90. The zero-order chi connectivity index (χ0) is 11.4. The maximum Gasteiger partial charge on any atom is 0.166 e. The molecule has 1 rings (SSSR count). The number of carbonyl (C=O) groups is 2. The van der Waals surface area contributed by atoms with Gasteiger partial charge in [-0.25, -0.2) is 0 Å². The van der Waals surface area contributed by atoms with E-state index < -0.39 is 6.10 Å². The minimum absolute atomic E-state index is 0.404. The van der Waals surface area contributed by atoms with E-state index in [1.54, 1.807) is 13.8 Å². The van der Waals surface area contributed by atoms with Gasteiger partial charge in [-0.1, -0.05) is 0 Å². The SMILES string of the molecule is Cc1c(C=O)[nH]c(C=O)c1CC[C@H](C)O. The van der Waals surface area contributed by atoms with Crippen molar-refractivity contribution in [2.45, 2.75) is 32.8 Å². The van der Waals surface area contributed by atoms with Gasteiger partial charge < -0.3 is 10.1 Å². The summed E-state index contributed by atoms with van der Waals surface area (Å²) in [4.78, 5) is 24.1. The van der Waals surface area contributed by atoms with Crippen LogP contribution in [0.15, 0.2) is 0 Å². The van der Waals surface area contributed by atoms with Gasteiger partial charge in [0, 0.05) is 0 Å². The minimum atomic E-state index is -0.404. The van der Waals surface area contributed by atoms with Gasteiger partial charge in [-0.05, 0) is 37.8 Å². The first kappa shape index (κ1) is 11.7. The Kier molecular flexibility index (Phi) is 3.80. The van der Waals surface area contributed by atoms with Crippen LogP contribution in [0.1, 0.15) is 45.4 Å². The highest BCUT2D eigenvalue weighted by Crippen LogP contribution is 2.18. The smallest absolute Gasteiger partial charge is 0.166 e. The molecule has 1 heterocycles. The van der Waals surface area contributed by atoms with E-state index in [1.807, 2.05) is 0 Å². The Labute approximate surface area is 88.3 Å². The van der Waals surface area contributed by atoms with E-state index in [1.165, 1.54) is 0 Å². The molecule has 0 spiro atoms. The average Bonchev–Trinajstić information content (AvgIpc) is 2.51. The van der Waals surface area contributed by atoms with Gasteiger partial charge in [0.2, 0.25) is 0 Å². The molecule has 0 saturated heterocycles. The summed E-state index contributed by atoms with van der Waals surface area (Å²) in [5.41, 5.74) is 2.51. The molecule has 0 fully saturated rings. The molecule has 1 aromatic heterocycles. The largest absolute Gasteiger partial charge is 0.393 e. The molecule has 0 unspecified atom stereocenters. The molecule has 4 heteroatoms. The molecule has 0 radical (unpaired) electrons. The second-order valence-corrected chi connectivity index (χ2v) is 3.68. The molecule has 2 N–H and O–H groups in total. The van der Waals surface area contributed by atoms with Crippen molar-refractivity contribution in [3.8, 4) is 0 Å².